The van der Waals surface area contributed by atoms with Gasteiger partial charge < -0.3 is 33.3 Å². The van der Waals surface area contributed by atoms with Crippen molar-refractivity contribution in [3.63, 3.8) is 0 Å². The lowest BCUT2D eigenvalue weighted by Gasteiger charge is -2.59. The molecule has 6 aliphatic heterocycles. The van der Waals surface area contributed by atoms with E-state index in [-0.39, 0.29) is 16.7 Å². The topological polar surface area (TPSA) is 75.7 Å². The molecule has 384 valence electrons. The number of thioether (sulfide) groups is 4. The second kappa shape index (κ2) is 17.8. The Morgan fingerprint density at radius 1 is 0.707 bits per heavy atom. The molecule has 0 aromatic heterocycles. The highest BCUT2D eigenvalue weighted by atomic mass is 32.2. The molecule has 0 radical (unpaired) electrons. The molecule has 0 amide bonds. The van der Waals surface area contributed by atoms with Gasteiger partial charge in [-0.25, -0.2) is 4.79 Å². The maximum Gasteiger partial charge on any atom is 0.338 e. The quantitative estimate of drug-likeness (QED) is 0.136. The molecule has 3 spiro atoms. The smallest absolute Gasteiger partial charge is 0.338 e. The molecule has 4 saturated carbocycles. The van der Waals surface area contributed by atoms with E-state index < -0.39 is 21.6 Å². The van der Waals surface area contributed by atoms with Crippen LogP contribution in [0.15, 0.2) is 131 Å². The first-order valence-corrected chi connectivity index (χ1v) is 31.4. The van der Waals surface area contributed by atoms with Crippen molar-refractivity contribution in [2.75, 3.05) is 49.5 Å². The summed E-state index contributed by atoms with van der Waals surface area (Å²) in [5.41, 5.74) is 11.6. The van der Waals surface area contributed by atoms with Crippen molar-refractivity contribution in [2.45, 2.75) is 98.5 Å². The van der Waals surface area contributed by atoms with Gasteiger partial charge in [-0.2, -0.15) is 0 Å². The number of rotatable bonds is 8. The Bertz CT molecular complexity index is 3310. The van der Waals surface area contributed by atoms with Crippen LogP contribution in [0.4, 0.5) is 11.4 Å². The maximum atomic E-state index is 14.7. The summed E-state index contributed by atoms with van der Waals surface area (Å²) >= 11 is 10.0. The number of methoxy groups -OCH3 is 2. The number of anilines is 2. The van der Waals surface area contributed by atoms with Crippen molar-refractivity contribution >= 4 is 76.2 Å². The minimum Gasteiger partial charge on any atom is -0.497 e. The van der Waals surface area contributed by atoms with E-state index in [2.05, 4.69) is 175 Å². The highest BCUT2D eigenvalue weighted by Crippen LogP contribution is 2.70. The van der Waals surface area contributed by atoms with E-state index in [1.807, 2.05) is 12.1 Å². The molecule has 7 fully saturated rings. The van der Waals surface area contributed by atoms with Crippen molar-refractivity contribution in [2.24, 2.45) is 17.8 Å². The van der Waals surface area contributed by atoms with E-state index in [1.54, 1.807) is 26.0 Å². The summed E-state index contributed by atoms with van der Waals surface area (Å²) in [5.74, 6) is 7.26. The molecular formula is C62H59NO7S5. The van der Waals surface area contributed by atoms with Crippen molar-refractivity contribution in [1.29, 1.82) is 0 Å². The second-order valence-corrected chi connectivity index (χ2v) is 29.3. The van der Waals surface area contributed by atoms with Gasteiger partial charge in [0.05, 0.1) is 20.8 Å². The number of para-hydroxylation sites is 2. The lowest BCUT2D eigenvalue weighted by molar-refractivity contribution is -0.205. The third-order valence-electron chi connectivity index (χ3n) is 17.8. The number of benzene rings is 6. The van der Waals surface area contributed by atoms with Crippen LogP contribution in [0.1, 0.15) is 102 Å². The molecule has 16 rings (SSSR count). The van der Waals surface area contributed by atoms with Crippen LogP contribution in [0.5, 0.6) is 23.0 Å². The van der Waals surface area contributed by atoms with E-state index in [0.717, 1.165) is 99.8 Å². The molecule has 4 bridgehead atoms. The molecule has 4 aliphatic carbocycles. The zero-order chi connectivity index (χ0) is 50.4. The molecule has 6 unspecified atom stereocenters. The molecule has 6 atom stereocenters. The molecular weight excluding hydrogens is 1030 g/mol. The Kier molecular flexibility index (Phi) is 11.4. The van der Waals surface area contributed by atoms with Gasteiger partial charge in [-0.1, -0.05) is 86.3 Å². The number of hydrogen-bond donors (Lipinski definition) is 0. The monoisotopic (exact) mass is 1090 g/mol. The molecule has 3 saturated heterocycles. The lowest BCUT2D eigenvalue weighted by atomic mass is 9.49. The predicted molar refractivity (Wildman–Crippen MR) is 304 cm³/mol. The van der Waals surface area contributed by atoms with Crippen LogP contribution in [0, 0.1) is 17.8 Å². The van der Waals surface area contributed by atoms with Gasteiger partial charge in [0.15, 0.2) is 6.10 Å². The molecule has 13 heteroatoms. The molecule has 6 aromatic carbocycles. The van der Waals surface area contributed by atoms with Gasteiger partial charge in [-0.15, -0.1) is 47.0 Å². The second-order valence-electron chi connectivity index (χ2n) is 22.3. The van der Waals surface area contributed by atoms with E-state index in [1.165, 1.54) is 44.8 Å². The normalized spacial score (nSPS) is 30.7. The molecule has 10 aliphatic rings. The van der Waals surface area contributed by atoms with Crippen LogP contribution in [0.2, 0.25) is 0 Å². The van der Waals surface area contributed by atoms with Crippen molar-refractivity contribution in [1.82, 2.24) is 0 Å². The van der Waals surface area contributed by atoms with E-state index in [4.69, 9.17) is 28.4 Å². The number of ether oxygens (including phenoxy) is 6. The summed E-state index contributed by atoms with van der Waals surface area (Å²) in [6.07, 6.45) is 4.02. The summed E-state index contributed by atoms with van der Waals surface area (Å²) in [4.78, 5) is 19.5. The number of hydrogen-bond acceptors (Lipinski definition) is 13. The maximum absolute atomic E-state index is 14.7. The van der Waals surface area contributed by atoms with Gasteiger partial charge >= 0.3 is 5.97 Å². The van der Waals surface area contributed by atoms with Crippen LogP contribution in [0.3, 0.4) is 0 Å². The molecule has 6 aromatic rings. The SMILES string of the molecule is COc1ccc2c(c1)C1(SCC(CN3c4ccccc4C4(SCCS4)c4cc(OC)ccc43)S1)c1cccc(C3C4CC5CC3CC(OC(=O)C3COC6(O3)c3ccccc3Sc3ccc(C(C)C)cc36)(C5)C4)c1O2. The molecule has 8 nitrogen and oxygen atoms in total. The Morgan fingerprint density at radius 2 is 1.43 bits per heavy atom. The number of carbonyl (C=O) groups excluding carboxylic acids is 1. The summed E-state index contributed by atoms with van der Waals surface area (Å²) in [6.45, 7) is 5.42. The summed E-state index contributed by atoms with van der Waals surface area (Å²) in [6, 6.07) is 44.1. The van der Waals surface area contributed by atoms with Gasteiger partial charge in [-0.3, -0.25) is 0 Å². The van der Waals surface area contributed by atoms with Crippen LogP contribution in [-0.2, 0) is 33.0 Å². The van der Waals surface area contributed by atoms with Gasteiger partial charge in [-0.05, 0) is 133 Å². The first kappa shape index (κ1) is 47.8. The van der Waals surface area contributed by atoms with Crippen LogP contribution in [0.25, 0.3) is 0 Å². The zero-order valence-electron chi connectivity index (χ0n) is 42.5. The zero-order valence-corrected chi connectivity index (χ0v) is 46.6. The Hall–Kier alpha value is -4.34. The summed E-state index contributed by atoms with van der Waals surface area (Å²) in [5, 5.41) is 0.295. The first-order valence-electron chi connectivity index (χ1n) is 26.7. The van der Waals surface area contributed by atoms with Gasteiger partial charge in [0.25, 0.3) is 0 Å². The van der Waals surface area contributed by atoms with Crippen LogP contribution >= 0.6 is 58.8 Å². The molecule has 6 heterocycles. The fourth-order valence-electron chi connectivity index (χ4n) is 14.9. The fraction of sp³-hybridized carbons (Fsp3) is 0.403. The first-order chi connectivity index (χ1) is 36.6. The number of carbonyl (C=O) groups is 1. The van der Waals surface area contributed by atoms with E-state index in [0.29, 0.717) is 34.8 Å². The van der Waals surface area contributed by atoms with Gasteiger partial charge in [0.2, 0.25) is 5.79 Å². The third kappa shape index (κ3) is 7.25. The molecule has 0 N–H and O–H groups in total. The lowest BCUT2D eigenvalue weighted by Crippen LogP contribution is -2.56. The highest BCUT2D eigenvalue weighted by molar-refractivity contribution is 8.21. The summed E-state index contributed by atoms with van der Waals surface area (Å²) < 4.78 is 39.1. The third-order valence-corrected chi connectivity index (χ3v) is 26.1. The number of fused-ring (bicyclic) bond motifs is 12. The minimum absolute atomic E-state index is 0.143. The largest absolute Gasteiger partial charge is 0.497 e. The fourth-order valence-corrected chi connectivity index (χ4v) is 23.2. The highest BCUT2D eigenvalue weighted by Gasteiger charge is 2.61. The van der Waals surface area contributed by atoms with Gasteiger partial charge in [0.1, 0.15) is 36.8 Å². The standard InChI is InChI=1S/C62H59NO7S5/c1-35(2)37-16-21-55-49(26-37)60(45-12-6-8-15-54(45)74-55)67-33-53(69-60)58(64)70-59-29-36-24-38(30-59)56(39(25-36)31-59)43-10-9-13-46-57(43)68-52-20-18-41(66-4)28-48(52)62(46)73-34-42(75-62)32-63-50-14-7-5-11-44(50)61(71-22-23-72-61)47-27-40(65-3)17-19-51(47)63/h5-21,26-28,35-36,38-39,42,53,56H,22-25,29-34H2,1-4H3. The number of esters is 1. The summed E-state index contributed by atoms with van der Waals surface area (Å²) in [7, 11) is 3.53. The predicted octanol–water partition coefficient (Wildman–Crippen LogP) is 14.8. The van der Waals surface area contributed by atoms with Crippen LogP contribution < -0.4 is 19.1 Å². The van der Waals surface area contributed by atoms with E-state index >= 15 is 0 Å². The van der Waals surface area contributed by atoms with Crippen molar-refractivity contribution < 1.29 is 33.2 Å². The van der Waals surface area contributed by atoms with E-state index in [9.17, 15) is 4.79 Å². The average molecular weight is 1090 g/mol. The number of nitrogens with zero attached hydrogens (tertiary/aromatic N) is 1. The average Bonchev–Trinajstić information content (AvgIpc) is 4.24. The van der Waals surface area contributed by atoms with Crippen molar-refractivity contribution in [3.05, 3.63) is 166 Å². The van der Waals surface area contributed by atoms with Gasteiger partial charge in [0, 0.05) is 83.6 Å². The minimum atomic E-state index is -1.17. The Balaban J connectivity index is 0.727. The van der Waals surface area contributed by atoms with Crippen LogP contribution in [-0.4, -0.2) is 67.6 Å². The van der Waals surface area contributed by atoms with Crippen molar-refractivity contribution in [3.8, 4) is 23.0 Å². The Morgan fingerprint density at radius 3 is 2.23 bits per heavy atom. The Labute approximate surface area is 460 Å². The molecule has 75 heavy (non-hydrogen) atoms.